The molecule has 1 fully saturated rings. The van der Waals surface area contributed by atoms with Crippen molar-refractivity contribution in [1.82, 2.24) is 20.8 Å². The molecule has 6 heteroatoms. The van der Waals surface area contributed by atoms with E-state index in [4.69, 9.17) is 4.52 Å². The Hall–Kier alpha value is -2.21. The summed E-state index contributed by atoms with van der Waals surface area (Å²) in [4.78, 5) is 15.9. The van der Waals surface area contributed by atoms with Crippen LogP contribution in [0.1, 0.15) is 17.0 Å². The molecule has 0 radical (unpaired) electrons. The summed E-state index contributed by atoms with van der Waals surface area (Å²) in [7, 11) is 0. The Morgan fingerprint density at radius 2 is 2.26 bits per heavy atom. The first-order valence-electron chi connectivity index (χ1n) is 6.21. The third kappa shape index (κ3) is 2.63. The largest absolute Gasteiger partial charge is 0.350 e. The van der Waals surface area contributed by atoms with Crippen molar-refractivity contribution in [3.05, 3.63) is 36.4 Å². The highest BCUT2D eigenvalue weighted by Gasteiger charge is 2.20. The number of carbonyl (C=O) groups is 1. The third-order valence-corrected chi connectivity index (χ3v) is 3.11. The summed E-state index contributed by atoms with van der Waals surface area (Å²) in [5.74, 6) is 0.0141. The fraction of sp³-hybridized carbons (Fsp3) is 0.308. The van der Waals surface area contributed by atoms with E-state index in [0.29, 0.717) is 5.69 Å². The van der Waals surface area contributed by atoms with Crippen molar-refractivity contribution in [2.24, 2.45) is 0 Å². The van der Waals surface area contributed by atoms with Crippen molar-refractivity contribution in [3.63, 3.8) is 0 Å². The van der Waals surface area contributed by atoms with E-state index in [0.717, 1.165) is 25.1 Å². The molecule has 0 aliphatic carbocycles. The Morgan fingerprint density at radius 3 is 3.00 bits per heavy atom. The Labute approximate surface area is 110 Å². The predicted molar refractivity (Wildman–Crippen MR) is 68.5 cm³/mol. The van der Waals surface area contributed by atoms with Gasteiger partial charge in [0.05, 0.1) is 0 Å². The highest BCUT2D eigenvalue weighted by atomic mass is 16.5. The van der Waals surface area contributed by atoms with Gasteiger partial charge in [0, 0.05) is 36.6 Å². The van der Waals surface area contributed by atoms with Crippen LogP contribution in [0.2, 0.25) is 0 Å². The van der Waals surface area contributed by atoms with Gasteiger partial charge in [0.25, 0.3) is 5.91 Å². The van der Waals surface area contributed by atoms with Crippen LogP contribution in [0.15, 0.2) is 35.1 Å². The number of rotatable bonds is 3. The molecule has 98 valence electrons. The number of nitrogens with one attached hydrogen (secondary N) is 2. The molecule has 1 saturated heterocycles. The number of hydrogen-bond acceptors (Lipinski definition) is 5. The number of nitrogens with zero attached hydrogens (tertiary/aromatic N) is 2. The Kier molecular flexibility index (Phi) is 3.24. The molecular weight excluding hydrogens is 244 g/mol. The van der Waals surface area contributed by atoms with Crippen LogP contribution in [-0.2, 0) is 0 Å². The van der Waals surface area contributed by atoms with Gasteiger partial charge in [-0.05, 0) is 25.1 Å². The Morgan fingerprint density at radius 1 is 1.42 bits per heavy atom. The van der Waals surface area contributed by atoms with Gasteiger partial charge in [-0.15, -0.1) is 0 Å². The molecule has 2 aromatic rings. The van der Waals surface area contributed by atoms with Crippen LogP contribution >= 0.6 is 0 Å². The summed E-state index contributed by atoms with van der Waals surface area (Å²) in [5, 5.41) is 10.0. The summed E-state index contributed by atoms with van der Waals surface area (Å²) in [5.41, 5.74) is 1.51. The van der Waals surface area contributed by atoms with Crippen LogP contribution in [-0.4, -0.2) is 35.2 Å². The van der Waals surface area contributed by atoms with Crippen LogP contribution < -0.4 is 10.6 Å². The molecule has 0 aromatic carbocycles. The second-order valence-corrected chi connectivity index (χ2v) is 4.48. The summed E-state index contributed by atoms with van der Waals surface area (Å²) < 4.78 is 5.09. The second-order valence-electron chi connectivity index (χ2n) is 4.48. The van der Waals surface area contributed by atoms with Gasteiger partial charge in [0.1, 0.15) is 5.69 Å². The van der Waals surface area contributed by atoms with Crippen LogP contribution in [0.5, 0.6) is 0 Å². The summed E-state index contributed by atoms with van der Waals surface area (Å²) in [6, 6.07) is 5.45. The van der Waals surface area contributed by atoms with Crippen LogP contribution in [0, 0.1) is 0 Å². The number of pyridine rings is 1. The van der Waals surface area contributed by atoms with E-state index in [1.165, 1.54) is 0 Å². The zero-order valence-electron chi connectivity index (χ0n) is 10.3. The summed E-state index contributed by atoms with van der Waals surface area (Å²) in [6.45, 7) is 1.74. The molecule has 2 aromatic heterocycles. The van der Waals surface area contributed by atoms with Gasteiger partial charge in [-0.2, -0.15) is 0 Å². The average molecular weight is 258 g/mol. The van der Waals surface area contributed by atoms with E-state index in [1.54, 1.807) is 18.5 Å². The maximum atomic E-state index is 12.0. The molecule has 1 aliphatic rings. The molecule has 1 aliphatic heterocycles. The van der Waals surface area contributed by atoms with Crippen molar-refractivity contribution in [1.29, 1.82) is 0 Å². The van der Waals surface area contributed by atoms with E-state index in [1.807, 2.05) is 12.1 Å². The highest BCUT2D eigenvalue weighted by molar-refractivity contribution is 5.92. The fourth-order valence-electron chi connectivity index (χ4n) is 2.08. The van der Waals surface area contributed by atoms with E-state index in [9.17, 15) is 4.79 Å². The third-order valence-electron chi connectivity index (χ3n) is 3.11. The lowest BCUT2D eigenvalue weighted by atomic mass is 10.2. The normalized spacial score (nSPS) is 18.4. The molecule has 0 saturated carbocycles. The van der Waals surface area contributed by atoms with Gasteiger partial charge in [0.15, 0.2) is 0 Å². The first-order valence-corrected chi connectivity index (χ1v) is 6.21. The number of amides is 1. The van der Waals surface area contributed by atoms with Crippen LogP contribution in [0.3, 0.4) is 0 Å². The van der Waals surface area contributed by atoms with E-state index in [-0.39, 0.29) is 17.7 Å². The predicted octanol–water partition coefficient (Wildman–Crippen LogP) is 0.828. The summed E-state index contributed by atoms with van der Waals surface area (Å²) >= 11 is 0. The zero-order chi connectivity index (χ0) is 13.1. The SMILES string of the molecule is O=C(NC1CCNC1)c1cc(-c2ccncc2)no1. The van der Waals surface area contributed by atoms with Crippen molar-refractivity contribution < 1.29 is 9.32 Å². The monoisotopic (exact) mass is 258 g/mol. The highest BCUT2D eigenvalue weighted by Crippen LogP contribution is 2.18. The first kappa shape index (κ1) is 11.9. The lowest BCUT2D eigenvalue weighted by molar-refractivity contribution is 0.0903. The van der Waals surface area contributed by atoms with Gasteiger partial charge in [0.2, 0.25) is 5.76 Å². The number of aromatic nitrogens is 2. The van der Waals surface area contributed by atoms with E-state index in [2.05, 4.69) is 20.8 Å². The topological polar surface area (TPSA) is 80.0 Å². The first-order chi connectivity index (χ1) is 9.33. The molecule has 19 heavy (non-hydrogen) atoms. The Bertz CT molecular complexity index is 561. The molecule has 3 rings (SSSR count). The molecule has 1 unspecified atom stereocenters. The lowest BCUT2D eigenvalue weighted by Gasteiger charge is -2.08. The maximum absolute atomic E-state index is 12.0. The molecule has 0 bridgehead atoms. The average Bonchev–Trinajstić information content (AvgIpc) is 3.10. The molecule has 1 amide bonds. The smallest absolute Gasteiger partial charge is 0.290 e. The maximum Gasteiger partial charge on any atom is 0.290 e. The molecule has 0 spiro atoms. The minimum atomic E-state index is -0.221. The quantitative estimate of drug-likeness (QED) is 0.852. The molecule has 1 atom stereocenters. The number of hydrogen-bond donors (Lipinski definition) is 2. The van der Waals surface area contributed by atoms with Gasteiger partial charge >= 0.3 is 0 Å². The lowest BCUT2D eigenvalue weighted by Crippen LogP contribution is -2.35. The standard InChI is InChI=1S/C13H14N4O2/c18-13(16-10-3-6-15-8-10)12-7-11(17-19-12)9-1-4-14-5-2-9/h1-2,4-5,7,10,15H,3,6,8H2,(H,16,18). The van der Waals surface area contributed by atoms with Gasteiger partial charge in [-0.1, -0.05) is 5.16 Å². The van der Waals surface area contributed by atoms with Gasteiger partial charge in [-0.3, -0.25) is 9.78 Å². The molecular formula is C13H14N4O2. The van der Waals surface area contributed by atoms with E-state index < -0.39 is 0 Å². The summed E-state index contributed by atoms with van der Waals surface area (Å²) in [6.07, 6.45) is 4.29. The van der Waals surface area contributed by atoms with Crippen LogP contribution in [0.25, 0.3) is 11.3 Å². The van der Waals surface area contributed by atoms with E-state index >= 15 is 0 Å². The molecule has 3 heterocycles. The number of carbonyl (C=O) groups excluding carboxylic acids is 1. The van der Waals surface area contributed by atoms with Crippen molar-refractivity contribution in [2.75, 3.05) is 13.1 Å². The van der Waals surface area contributed by atoms with Gasteiger partial charge in [-0.25, -0.2) is 0 Å². The van der Waals surface area contributed by atoms with Crippen LogP contribution in [0.4, 0.5) is 0 Å². The van der Waals surface area contributed by atoms with Crippen molar-refractivity contribution in [2.45, 2.75) is 12.5 Å². The zero-order valence-corrected chi connectivity index (χ0v) is 10.3. The Balaban J connectivity index is 1.72. The van der Waals surface area contributed by atoms with Crippen molar-refractivity contribution in [3.8, 4) is 11.3 Å². The second kappa shape index (κ2) is 5.19. The fourth-order valence-corrected chi connectivity index (χ4v) is 2.08. The molecule has 2 N–H and O–H groups in total. The minimum absolute atomic E-state index is 0.168. The molecule has 6 nitrogen and oxygen atoms in total. The van der Waals surface area contributed by atoms with Crippen molar-refractivity contribution >= 4 is 5.91 Å². The van der Waals surface area contributed by atoms with Gasteiger partial charge < -0.3 is 15.2 Å². The minimum Gasteiger partial charge on any atom is -0.350 e.